The van der Waals surface area contributed by atoms with Crippen molar-refractivity contribution in [2.75, 3.05) is 11.5 Å². The average molecular weight is 345 g/mol. The van der Waals surface area contributed by atoms with Gasteiger partial charge in [0.05, 0.1) is 21.3 Å². The van der Waals surface area contributed by atoms with Gasteiger partial charge in [-0.1, -0.05) is 29.8 Å². The van der Waals surface area contributed by atoms with E-state index in [1.165, 1.54) is 36.4 Å². The molecule has 0 heterocycles. The van der Waals surface area contributed by atoms with Gasteiger partial charge in [0.15, 0.2) is 19.7 Å². The zero-order chi connectivity index (χ0) is 15.5. The van der Waals surface area contributed by atoms with Crippen molar-refractivity contribution in [3.05, 3.63) is 59.6 Å². The first-order chi connectivity index (χ1) is 9.81. The summed E-state index contributed by atoms with van der Waals surface area (Å²) in [6, 6.07) is 13.4. The summed E-state index contributed by atoms with van der Waals surface area (Å²) in [6.07, 6.45) is 0. The third kappa shape index (κ3) is 4.06. The average Bonchev–Trinajstić information content (AvgIpc) is 2.47. The van der Waals surface area contributed by atoms with Crippen LogP contribution in [0, 0.1) is 0 Å². The van der Waals surface area contributed by atoms with E-state index >= 15 is 0 Å². The molecule has 112 valence electrons. The molecule has 7 heteroatoms. The molecule has 2 rings (SSSR count). The lowest BCUT2D eigenvalue weighted by Gasteiger charge is -2.06. The van der Waals surface area contributed by atoms with Crippen LogP contribution in [0.15, 0.2) is 64.4 Å². The van der Waals surface area contributed by atoms with Crippen molar-refractivity contribution in [2.24, 2.45) is 0 Å². The Kier molecular flexibility index (Phi) is 4.70. The molecule has 0 aromatic heterocycles. The Morgan fingerprint density at radius 2 is 1.10 bits per heavy atom. The highest BCUT2D eigenvalue weighted by atomic mass is 35.5. The molecule has 0 radical (unpaired) electrons. The first-order valence-electron chi connectivity index (χ1n) is 6.07. The highest BCUT2D eigenvalue weighted by molar-refractivity contribution is 7.95. The molecule has 0 atom stereocenters. The van der Waals surface area contributed by atoms with E-state index in [-0.39, 0.29) is 9.79 Å². The molecular weight excluding hydrogens is 332 g/mol. The summed E-state index contributed by atoms with van der Waals surface area (Å²) in [5, 5.41) is 0.422. The van der Waals surface area contributed by atoms with Gasteiger partial charge in [0.2, 0.25) is 0 Å². The Balaban J connectivity index is 2.17. The molecule has 4 nitrogen and oxygen atoms in total. The second kappa shape index (κ2) is 6.17. The zero-order valence-electron chi connectivity index (χ0n) is 10.9. The quantitative estimate of drug-likeness (QED) is 0.836. The van der Waals surface area contributed by atoms with Gasteiger partial charge in [0.1, 0.15) is 0 Å². The van der Waals surface area contributed by atoms with Crippen molar-refractivity contribution in [3.8, 4) is 0 Å². The van der Waals surface area contributed by atoms with Crippen LogP contribution < -0.4 is 0 Å². The molecule has 0 aliphatic rings. The van der Waals surface area contributed by atoms with Crippen molar-refractivity contribution in [2.45, 2.75) is 9.79 Å². The summed E-state index contributed by atoms with van der Waals surface area (Å²) in [6.45, 7) is 0. The van der Waals surface area contributed by atoms with Crippen molar-refractivity contribution in [1.82, 2.24) is 0 Å². The van der Waals surface area contributed by atoms with E-state index in [1.54, 1.807) is 18.2 Å². The van der Waals surface area contributed by atoms with Gasteiger partial charge in [0, 0.05) is 5.02 Å². The van der Waals surface area contributed by atoms with Crippen LogP contribution in [0.5, 0.6) is 0 Å². The lowest BCUT2D eigenvalue weighted by molar-refractivity contribution is 0.587. The number of halogens is 1. The van der Waals surface area contributed by atoms with Crippen LogP contribution in [0.3, 0.4) is 0 Å². The largest absolute Gasteiger partial charge is 0.224 e. The molecule has 0 N–H and O–H groups in total. The number of benzene rings is 2. The summed E-state index contributed by atoms with van der Waals surface area (Å²) < 4.78 is 48.4. The van der Waals surface area contributed by atoms with Gasteiger partial charge < -0.3 is 0 Å². The first kappa shape index (κ1) is 16.0. The second-order valence-corrected chi connectivity index (χ2v) is 9.06. The summed E-state index contributed by atoms with van der Waals surface area (Å²) in [5.41, 5.74) is 0. The van der Waals surface area contributed by atoms with Crippen LogP contribution in [0.1, 0.15) is 0 Å². The van der Waals surface area contributed by atoms with Gasteiger partial charge in [-0.25, -0.2) is 16.8 Å². The minimum absolute atomic E-state index is 0.0650. The Morgan fingerprint density at radius 1 is 0.667 bits per heavy atom. The lowest BCUT2D eigenvalue weighted by atomic mass is 10.4. The molecule has 0 fully saturated rings. The fourth-order valence-corrected chi connectivity index (χ4v) is 5.20. The molecule has 21 heavy (non-hydrogen) atoms. The maximum absolute atomic E-state index is 12.1. The Bertz CT molecular complexity index is 811. The summed E-state index contributed by atoms with van der Waals surface area (Å²) >= 11 is 5.70. The van der Waals surface area contributed by atoms with E-state index < -0.39 is 31.2 Å². The van der Waals surface area contributed by atoms with Gasteiger partial charge in [-0.2, -0.15) is 0 Å². The molecule has 0 aliphatic heterocycles. The smallest absolute Gasteiger partial charge is 0.179 e. The lowest BCUT2D eigenvalue weighted by Crippen LogP contribution is -2.17. The molecule has 0 amide bonds. The standard InChI is InChI=1S/C14H13ClO4S2/c15-12-6-8-14(9-7-12)21(18,19)11-10-20(16,17)13-4-2-1-3-5-13/h1-9H,10-11H2. The van der Waals surface area contributed by atoms with Crippen LogP contribution in [0.4, 0.5) is 0 Å². The zero-order valence-corrected chi connectivity index (χ0v) is 13.3. The molecular formula is C14H13ClO4S2. The van der Waals surface area contributed by atoms with Crippen LogP contribution >= 0.6 is 11.6 Å². The van der Waals surface area contributed by atoms with E-state index in [2.05, 4.69) is 0 Å². The third-order valence-corrected chi connectivity index (χ3v) is 6.87. The molecule has 0 saturated heterocycles. The van der Waals surface area contributed by atoms with Gasteiger partial charge in [-0.3, -0.25) is 0 Å². The maximum atomic E-state index is 12.1. The Morgan fingerprint density at radius 3 is 1.57 bits per heavy atom. The molecule has 0 saturated carbocycles. The minimum Gasteiger partial charge on any atom is -0.224 e. The monoisotopic (exact) mass is 344 g/mol. The van der Waals surface area contributed by atoms with E-state index in [1.807, 2.05) is 0 Å². The van der Waals surface area contributed by atoms with Crippen molar-refractivity contribution >= 4 is 31.3 Å². The summed E-state index contributed by atoms with van der Waals surface area (Å²) in [5.74, 6) is -0.923. The van der Waals surface area contributed by atoms with E-state index in [9.17, 15) is 16.8 Å². The number of rotatable bonds is 5. The predicted molar refractivity (Wildman–Crippen MR) is 82.0 cm³/mol. The van der Waals surface area contributed by atoms with Gasteiger partial charge in [-0.15, -0.1) is 0 Å². The second-order valence-electron chi connectivity index (χ2n) is 4.40. The first-order valence-corrected chi connectivity index (χ1v) is 9.76. The van der Waals surface area contributed by atoms with Gasteiger partial charge in [0.25, 0.3) is 0 Å². The summed E-state index contributed by atoms with van der Waals surface area (Å²) in [7, 11) is -7.27. The molecule has 2 aromatic rings. The van der Waals surface area contributed by atoms with E-state index in [0.717, 1.165) is 0 Å². The Hall–Kier alpha value is -1.37. The normalized spacial score (nSPS) is 12.2. The molecule has 0 spiro atoms. The van der Waals surface area contributed by atoms with Crippen molar-refractivity contribution in [3.63, 3.8) is 0 Å². The van der Waals surface area contributed by atoms with E-state index in [0.29, 0.717) is 5.02 Å². The minimum atomic E-state index is -3.66. The molecule has 2 aromatic carbocycles. The van der Waals surface area contributed by atoms with Gasteiger partial charge >= 0.3 is 0 Å². The number of hydrogen-bond acceptors (Lipinski definition) is 4. The van der Waals surface area contributed by atoms with Crippen LogP contribution in [0.25, 0.3) is 0 Å². The van der Waals surface area contributed by atoms with Gasteiger partial charge in [-0.05, 0) is 36.4 Å². The predicted octanol–water partition coefficient (Wildman–Crippen LogP) is 2.59. The number of hydrogen-bond donors (Lipinski definition) is 0. The highest BCUT2D eigenvalue weighted by Crippen LogP contribution is 2.17. The van der Waals surface area contributed by atoms with Crippen molar-refractivity contribution < 1.29 is 16.8 Å². The Labute approximate surface area is 129 Å². The van der Waals surface area contributed by atoms with E-state index in [4.69, 9.17) is 11.6 Å². The topological polar surface area (TPSA) is 68.3 Å². The molecule has 0 bridgehead atoms. The summed E-state index contributed by atoms with van der Waals surface area (Å²) in [4.78, 5) is 0.187. The van der Waals surface area contributed by atoms with Crippen LogP contribution in [0.2, 0.25) is 5.02 Å². The fourth-order valence-electron chi connectivity index (χ4n) is 1.72. The highest BCUT2D eigenvalue weighted by Gasteiger charge is 2.21. The fraction of sp³-hybridized carbons (Fsp3) is 0.143. The molecule has 0 aliphatic carbocycles. The SMILES string of the molecule is O=S(=O)(CCS(=O)(=O)c1ccc(Cl)cc1)c1ccccc1. The van der Waals surface area contributed by atoms with Crippen LogP contribution in [-0.4, -0.2) is 28.3 Å². The number of sulfone groups is 2. The maximum Gasteiger partial charge on any atom is 0.179 e. The van der Waals surface area contributed by atoms with Crippen molar-refractivity contribution in [1.29, 1.82) is 0 Å². The third-order valence-electron chi connectivity index (χ3n) is 2.90. The molecule has 0 unspecified atom stereocenters. The van der Waals surface area contributed by atoms with Crippen LogP contribution in [-0.2, 0) is 19.7 Å².